The molecule has 0 aromatic heterocycles. The first-order chi connectivity index (χ1) is 16.3. The average Bonchev–Trinajstić information content (AvgIpc) is 3.12. The molecule has 1 aliphatic heterocycles. The maximum absolute atomic E-state index is 12.7. The molecule has 1 heterocycles. The van der Waals surface area contributed by atoms with Gasteiger partial charge in [-0.2, -0.15) is 0 Å². The van der Waals surface area contributed by atoms with Crippen molar-refractivity contribution < 1.29 is 29.0 Å². The van der Waals surface area contributed by atoms with E-state index in [9.17, 15) is 24.3 Å². The van der Waals surface area contributed by atoms with E-state index in [0.29, 0.717) is 0 Å². The Morgan fingerprint density at radius 3 is 2.26 bits per heavy atom. The molecular weight excluding hydrogens is 438 g/mol. The zero-order valence-corrected chi connectivity index (χ0v) is 19.1. The quantitative estimate of drug-likeness (QED) is 0.675. The first-order valence-corrected chi connectivity index (χ1v) is 11.1. The third kappa shape index (κ3) is 4.59. The Balaban J connectivity index is 1.34. The van der Waals surface area contributed by atoms with Gasteiger partial charge in [-0.3, -0.25) is 9.59 Å². The summed E-state index contributed by atoms with van der Waals surface area (Å²) in [7, 11) is 1.50. The molecular formula is C25H27N3O6. The van der Waals surface area contributed by atoms with Gasteiger partial charge >= 0.3 is 12.1 Å². The van der Waals surface area contributed by atoms with Gasteiger partial charge in [-0.05, 0) is 29.2 Å². The standard InChI is InChI=1S/C25H27N3O6/c1-15(11-22(29)28-13-23(30)27(2)12-21(28)24(31)32)26-25(33)34-14-20-18-9-5-3-7-16(18)17-8-4-6-10-19(17)20/h3-10,15,20-21H,11-14H2,1-2H3,(H,26,33)(H,31,32)/t15-,21?/m0/s1. The maximum atomic E-state index is 12.7. The number of hydrogen-bond acceptors (Lipinski definition) is 5. The maximum Gasteiger partial charge on any atom is 0.407 e. The molecule has 1 saturated heterocycles. The summed E-state index contributed by atoms with van der Waals surface area (Å²) in [5, 5.41) is 12.1. The predicted octanol–water partition coefficient (Wildman–Crippen LogP) is 2.06. The second-order valence-corrected chi connectivity index (χ2v) is 8.72. The van der Waals surface area contributed by atoms with Crippen molar-refractivity contribution in [1.82, 2.24) is 15.1 Å². The summed E-state index contributed by atoms with van der Waals surface area (Å²) in [6, 6.07) is 14.3. The fourth-order valence-electron chi connectivity index (χ4n) is 4.58. The summed E-state index contributed by atoms with van der Waals surface area (Å²) < 4.78 is 5.50. The van der Waals surface area contributed by atoms with E-state index < -0.39 is 30.1 Å². The van der Waals surface area contributed by atoms with Crippen LogP contribution in [0, 0.1) is 0 Å². The smallest absolute Gasteiger partial charge is 0.407 e. The Morgan fingerprint density at radius 2 is 1.68 bits per heavy atom. The molecule has 9 nitrogen and oxygen atoms in total. The number of benzene rings is 2. The number of alkyl carbamates (subject to hydrolysis) is 1. The van der Waals surface area contributed by atoms with Crippen LogP contribution >= 0.6 is 0 Å². The molecule has 4 rings (SSSR count). The molecule has 0 spiro atoms. The van der Waals surface area contributed by atoms with Crippen molar-refractivity contribution in [2.24, 2.45) is 0 Å². The molecule has 1 aliphatic carbocycles. The van der Waals surface area contributed by atoms with Gasteiger partial charge in [0, 0.05) is 25.4 Å². The molecule has 0 saturated carbocycles. The minimum Gasteiger partial charge on any atom is -0.480 e. The number of nitrogens with zero attached hydrogens (tertiary/aromatic N) is 2. The molecule has 0 bridgehead atoms. The number of amides is 3. The van der Waals surface area contributed by atoms with Gasteiger partial charge in [-0.1, -0.05) is 48.5 Å². The number of aliphatic carboxylic acids is 1. The number of carbonyl (C=O) groups excluding carboxylic acids is 3. The summed E-state index contributed by atoms with van der Waals surface area (Å²) in [5.74, 6) is -2.10. The normalized spacial score (nSPS) is 18.2. The van der Waals surface area contributed by atoms with Gasteiger partial charge in [0.15, 0.2) is 0 Å². The van der Waals surface area contributed by atoms with Crippen molar-refractivity contribution in [1.29, 1.82) is 0 Å². The molecule has 2 atom stereocenters. The lowest BCUT2D eigenvalue weighted by Gasteiger charge is -2.37. The highest BCUT2D eigenvalue weighted by atomic mass is 16.5. The summed E-state index contributed by atoms with van der Waals surface area (Å²) in [5.41, 5.74) is 4.44. The monoisotopic (exact) mass is 465 g/mol. The van der Waals surface area contributed by atoms with Gasteiger partial charge < -0.3 is 25.0 Å². The Morgan fingerprint density at radius 1 is 1.09 bits per heavy atom. The van der Waals surface area contributed by atoms with E-state index in [2.05, 4.69) is 17.4 Å². The zero-order chi connectivity index (χ0) is 24.4. The highest BCUT2D eigenvalue weighted by Crippen LogP contribution is 2.44. The molecule has 2 N–H and O–H groups in total. The largest absolute Gasteiger partial charge is 0.480 e. The fourth-order valence-corrected chi connectivity index (χ4v) is 4.58. The van der Waals surface area contributed by atoms with Crippen LogP contribution in [-0.2, 0) is 19.1 Å². The summed E-state index contributed by atoms with van der Waals surface area (Å²) in [6.07, 6.45) is -0.809. The van der Waals surface area contributed by atoms with Crippen LogP contribution < -0.4 is 5.32 Å². The molecule has 1 fully saturated rings. The number of rotatable bonds is 6. The molecule has 9 heteroatoms. The third-order valence-corrected chi connectivity index (χ3v) is 6.35. The van der Waals surface area contributed by atoms with Crippen molar-refractivity contribution in [2.45, 2.75) is 31.3 Å². The van der Waals surface area contributed by atoms with Crippen LogP contribution in [0.2, 0.25) is 0 Å². The second-order valence-electron chi connectivity index (χ2n) is 8.72. The predicted molar refractivity (Wildman–Crippen MR) is 123 cm³/mol. The number of hydrogen-bond donors (Lipinski definition) is 2. The van der Waals surface area contributed by atoms with Crippen molar-refractivity contribution in [2.75, 3.05) is 26.7 Å². The van der Waals surface area contributed by atoms with E-state index in [1.807, 2.05) is 36.4 Å². The van der Waals surface area contributed by atoms with Crippen molar-refractivity contribution in [3.63, 3.8) is 0 Å². The highest BCUT2D eigenvalue weighted by Gasteiger charge is 2.38. The molecule has 2 aromatic carbocycles. The SMILES string of the molecule is C[C@@H](CC(=O)N1CC(=O)N(C)CC1C(=O)O)NC(=O)OCC1c2ccccc2-c2ccccc21. The highest BCUT2D eigenvalue weighted by molar-refractivity contribution is 5.91. The minimum atomic E-state index is -1.18. The second kappa shape index (κ2) is 9.54. The molecule has 0 radical (unpaired) electrons. The van der Waals surface area contributed by atoms with Crippen molar-refractivity contribution in [3.05, 3.63) is 59.7 Å². The third-order valence-electron chi connectivity index (χ3n) is 6.35. The van der Waals surface area contributed by atoms with Crippen LogP contribution in [0.1, 0.15) is 30.4 Å². The van der Waals surface area contributed by atoms with Crippen LogP contribution in [0.5, 0.6) is 0 Å². The number of nitrogens with one attached hydrogen (secondary N) is 1. The van der Waals surface area contributed by atoms with E-state index in [0.717, 1.165) is 27.2 Å². The number of carbonyl (C=O) groups is 4. The number of carboxylic acids is 1. The van der Waals surface area contributed by atoms with Gasteiger partial charge in [-0.25, -0.2) is 9.59 Å². The Labute approximate surface area is 197 Å². The molecule has 1 unspecified atom stereocenters. The number of piperazine rings is 1. The van der Waals surface area contributed by atoms with E-state index in [-0.39, 0.29) is 37.9 Å². The summed E-state index contributed by atoms with van der Waals surface area (Å²) in [6.45, 7) is 1.40. The van der Waals surface area contributed by atoms with Crippen molar-refractivity contribution in [3.8, 4) is 11.1 Å². The fraction of sp³-hybridized carbons (Fsp3) is 0.360. The number of carboxylic acid groups (broad SMARTS) is 1. The van der Waals surface area contributed by atoms with E-state index >= 15 is 0 Å². The molecule has 2 aliphatic rings. The lowest BCUT2D eigenvalue weighted by molar-refractivity contribution is -0.159. The first kappa shape index (κ1) is 23.3. The van der Waals surface area contributed by atoms with Crippen LogP contribution in [0.3, 0.4) is 0 Å². The molecule has 2 aromatic rings. The van der Waals surface area contributed by atoms with Gasteiger partial charge in [0.05, 0.1) is 6.54 Å². The van der Waals surface area contributed by atoms with E-state index in [1.165, 1.54) is 11.9 Å². The van der Waals surface area contributed by atoms with Crippen LogP contribution in [0.25, 0.3) is 11.1 Å². The van der Waals surface area contributed by atoms with Gasteiger partial charge in [0.1, 0.15) is 19.2 Å². The lowest BCUT2D eigenvalue weighted by atomic mass is 9.98. The Bertz CT molecular complexity index is 1090. The van der Waals surface area contributed by atoms with Gasteiger partial charge in [-0.15, -0.1) is 0 Å². The lowest BCUT2D eigenvalue weighted by Crippen LogP contribution is -2.60. The number of likely N-dealkylation sites (N-methyl/N-ethyl adjacent to an activating group) is 1. The Hall–Kier alpha value is -3.88. The number of fused-ring (bicyclic) bond motifs is 3. The van der Waals surface area contributed by atoms with Crippen LogP contribution in [-0.4, -0.2) is 77.6 Å². The average molecular weight is 466 g/mol. The van der Waals surface area contributed by atoms with Gasteiger partial charge in [0.25, 0.3) is 0 Å². The van der Waals surface area contributed by atoms with E-state index in [4.69, 9.17) is 4.74 Å². The topological polar surface area (TPSA) is 116 Å². The minimum absolute atomic E-state index is 0.0753. The number of ether oxygens (including phenoxy) is 1. The first-order valence-electron chi connectivity index (χ1n) is 11.1. The van der Waals surface area contributed by atoms with E-state index in [1.54, 1.807) is 6.92 Å². The van der Waals surface area contributed by atoms with Crippen LogP contribution in [0.4, 0.5) is 4.79 Å². The summed E-state index contributed by atoms with van der Waals surface area (Å²) >= 11 is 0. The van der Waals surface area contributed by atoms with Crippen LogP contribution in [0.15, 0.2) is 48.5 Å². The molecule has 34 heavy (non-hydrogen) atoms. The van der Waals surface area contributed by atoms with Gasteiger partial charge in [0.2, 0.25) is 11.8 Å². The summed E-state index contributed by atoms with van der Waals surface area (Å²) in [4.78, 5) is 51.0. The van der Waals surface area contributed by atoms with Crippen molar-refractivity contribution >= 4 is 23.9 Å². The molecule has 178 valence electrons. The zero-order valence-electron chi connectivity index (χ0n) is 19.1. The molecule has 3 amide bonds. The Kier molecular flexibility index (Phi) is 6.54.